The smallest absolute Gasteiger partial charge is 0.127 e. The van der Waals surface area contributed by atoms with Crippen molar-refractivity contribution in [3.8, 4) is 16.9 Å². The molecule has 4 aromatic carbocycles. The van der Waals surface area contributed by atoms with E-state index in [-0.39, 0.29) is 0 Å². The summed E-state index contributed by atoms with van der Waals surface area (Å²) in [7, 11) is 0. The minimum Gasteiger partial charge on any atom is -0.507 e. The van der Waals surface area contributed by atoms with Gasteiger partial charge in [0.25, 0.3) is 0 Å². The number of aryl methyl sites for hydroxylation is 1. The van der Waals surface area contributed by atoms with Crippen molar-refractivity contribution in [3.63, 3.8) is 0 Å². The number of fused-ring (bicyclic) bond motifs is 2. The van der Waals surface area contributed by atoms with Crippen molar-refractivity contribution in [1.29, 1.82) is 0 Å². The highest BCUT2D eigenvalue weighted by Gasteiger charge is 2.17. The first-order valence-corrected chi connectivity index (χ1v) is 7.66. The van der Waals surface area contributed by atoms with Gasteiger partial charge in [0, 0.05) is 16.8 Å². The number of hydrogen-bond donors (Lipinski definition) is 2. The van der Waals surface area contributed by atoms with E-state index in [1.165, 1.54) is 0 Å². The van der Waals surface area contributed by atoms with E-state index in [9.17, 15) is 5.11 Å². The molecular formula is C21H17NO. The van der Waals surface area contributed by atoms with E-state index in [1.54, 1.807) is 0 Å². The largest absolute Gasteiger partial charge is 0.507 e. The van der Waals surface area contributed by atoms with Crippen LogP contribution in [0.15, 0.2) is 66.7 Å². The summed E-state index contributed by atoms with van der Waals surface area (Å²) in [5.41, 5.74) is 9.56. The lowest BCUT2D eigenvalue weighted by Crippen LogP contribution is -1.94. The minimum absolute atomic E-state index is 0.298. The first-order valence-electron chi connectivity index (χ1n) is 7.66. The molecular weight excluding hydrogens is 282 g/mol. The molecule has 3 N–H and O–H groups in total. The van der Waals surface area contributed by atoms with Gasteiger partial charge in [0.1, 0.15) is 5.75 Å². The van der Waals surface area contributed by atoms with Crippen LogP contribution in [0.4, 0.5) is 5.69 Å². The van der Waals surface area contributed by atoms with Crippen LogP contribution in [-0.2, 0) is 0 Å². The van der Waals surface area contributed by atoms with Crippen LogP contribution in [0.25, 0.3) is 32.7 Å². The highest BCUT2D eigenvalue weighted by Crippen LogP contribution is 2.44. The molecule has 2 heteroatoms. The molecule has 0 amide bonds. The van der Waals surface area contributed by atoms with Crippen molar-refractivity contribution < 1.29 is 5.11 Å². The Morgan fingerprint density at radius 3 is 2.09 bits per heavy atom. The van der Waals surface area contributed by atoms with Crippen LogP contribution in [0.2, 0.25) is 0 Å². The van der Waals surface area contributed by atoms with E-state index in [1.807, 2.05) is 55.5 Å². The van der Waals surface area contributed by atoms with Gasteiger partial charge in [-0.1, -0.05) is 54.6 Å². The predicted molar refractivity (Wildman–Crippen MR) is 97.7 cm³/mol. The highest BCUT2D eigenvalue weighted by molar-refractivity contribution is 6.11. The monoisotopic (exact) mass is 299 g/mol. The second kappa shape index (κ2) is 5.03. The van der Waals surface area contributed by atoms with Crippen molar-refractivity contribution in [2.45, 2.75) is 6.92 Å². The summed E-state index contributed by atoms with van der Waals surface area (Å²) in [6.07, 6.45) is 0. The molecule has 0 spiro atoms. The zero-order chi connectivity index (χ0) is 16.0. The molecule has 0 bridgehead atoms. The molecule has 0 radical (unpaired) electrons. The molecule has 4 aromatic rings. The third-order valence-corrected chi connectivity index (χ3v) is 4.42. The Morgan fingerprint density at radius 1 is 0.739 bits per heavy atom. The molecule has 23 heavy (non-hydrogen) atoms. The lowest BCUT2D eigenvalue weighted by atomic mass is 9.90. The number of benzene rings is 4. The topological polar surface area (TPSA) is 46.2 Å². The predicted octanol–water partition coefficient (Wildman–Crippen LogP) is 5.26. The Bertz CT molecular complexity index is 1050. The standard InChI is InChI=1S/C21H17NO/c1-13-12-15-7-3-5-9-17(15)20(21(13)23)19-16-8-4-2-6-14(16)10-11-18(19)22/h2-12,23H,22H2,1H3. The average Bonchev–Trinajstić information content (AvgIpc) is 2.57. The van der Waals surface area contributed by atoms with Crippen LogP contribution in [0.5, 0.6) is 5.75 Å². The van der Waals surface area contributed by atoms with E-state index in [2.05, 4.69) is 18.2 Å². The van der Waals surface area contributed by atoms with Crippen LogP contribution in [0, 0.1) is 6.92 Å². The number of nitrogens with two attached hydrogens (primary N) is 1. The molecule has 2 nitrogen and oxygen atoms in total. The van der Waals surface area contributed by atoms with Crippen LogP contribution in [-0.4, -0.2) is 5.11 Å². The lowest BCUT2D eigenvalue weighted by Gasteiger charge is -2.16. The first kappa shape index (κ1) is 13.6. The summed E-state index contributed by atoms with van der Waals surface area (Å²) in [5.74, 6) is 0.298. The summed E-state index contributed by atoms with van der Waals surface area (Å²) < 4.78 is 0. The number of rotatable bonds is 1. The quantitative estimate of drug-likeness (QED) is 0.471. The number of phenolic OH excluding ortho intramolecular Hbond substituents is 1. The molecule has 0 heterocycles. The maximum Gasteiger partial charge on any atom is 0.127 e. The van der Waals surface area contributed by atoms with E-state index in [0.29, 0.717) is 11.4 Å². The number of aromatic hydroxyl groups is 1. The van der Waals surface area contributed by atoms with E-state index in [0.717, 1.165) is 38.2 Å². The Labute approximate surface area is 134 Å². The molecule has 0 aliphatic rings. The SMILES string of the molecule is Cc1cc2ccccc2c(-c2c(N)ccc3ccccc23)c1O. The van der Waals surface area contributed by atoms with Gasteiger partial charge in [0.2, 0.25) is 0 Å². The second-order valence-corrected chi connectivity index (χ2v) is 5.89. The van der Waals surface area contributed by atoms with E-state index in [4.69, 9.17) is 5.73 Å². The minimum atomic E-state index is 0.298. The molecule has 0 fully saturated rings. The Morgan fingerprint density at radius 2 is 1.35 bits per heavy atom. The Balaban J connectivity index is 2.24. The fraction of sp³-hybridized carbons (Fsp3) is 0.0476. The maximum absolute atomic E-state index is 10.8. The third-order valence-electron chi connectivity index (χ3n) is 4.42. The summed E-state index contributed by atoms with van der Waals surface area (Å²) >= 11 is 0. The third kappa shape index (κ3) is 2.03. The van der Waals surface area contributed by atoms with Gasteiger partial charge in [-0.25, -0.2) is 0 Å². The van der Waals surface area contributed by atoms with Crippen LogP contribution < -0.4 is 5.73 Å². The van der Waals surface area contributed by atoms with Gasteiger partial charge in [0.15, 0.2) is 0 Å². The number of hydrogen-bond acceptors (Lipinski definition) is 2. The van der Waals surface area contributed by atoms with Gasteiger partial charge in [-0.15, -0.1) is 0 Å². The molecule has 0 unspecified atom stereocenters. The van der Waals surface area contributed by atoms with Gasteiger partial charge in [-0.3, -0.25) is 0 Å². The van der Waals surface area contributed by atoms with Crippen molar-refractivity contribution in [2.24, 2.45) is 0 Å². The molecule has 0 aromatic heterocycles. The summed E-state index contributed by atoms with van der Waals surface area (Å²) in [6, 6.07) is 22.2. The fourth-order valence-corrected chi connectivity index (χ4v) is 3.30. The summed E-state index contributed by atoms with van der Waals surface area (Å²) in [6.45, 7) is 1.92. The average molecular weight is 299 g/mol. The van der Waals surface area contributed by atoms with Crippen molar-refractivity contribution in [3.05, 3.63) is 72.3 Å². The molecule has 0 aliphatic heterocycles. The van der Waals surface area contributed by atoms with Crippen molar-refractivity contribution >= 4 is 27.2 Å². The lowest BCUT2D eigenvalue weighted by molar-refractivity contribution is 0.474. The summed E-state index contributed by atoms with van der Waals surface area (Å²) in [5, 5.41) is 15.1. The Hall–Kier alpha value is -3.00. The maximum atomic E-state index is 10.8. The molecule has 4 rings (SSSR count). The zero-order valence-electron chi connectivity index (χ0n) is 12.9. The van der Waals surface area contributed by atoms with Crippen LogP contribution in [0.3, 0.4) is 0 Å². The molecule has 0 atom stereocenters. The van der Waals surface area contributed by atoms with E-state index < -0.39 is 0 Å². The number of phenols is 1. The first-order chi connectivity index (χ1) is 11.2. The summed E-state index contributed by atoms with van der Waals surface area (Å²) in [4.78, 5) is 0. The van der Waals surface area contributed by atoms with Gasteiger partial charge >= 0.3 is 0 Å². The van der Waals surface area contributed by atoms with Crippen molar-refractivity contribution in [2.75, 3.05) is 5.73 Å². The van der Waals surface area contributed by atoms with Gasteiger partial charge < -0.3 is 10.8 Å². The zero-order valence-corrected chi connectivity index (χ0v) is 12.9. The van der Waals surface area contributed by atoms with E-state index >= 15 is 0 Å². The van der Waals surface area contributed by atoms with Crippen LogP contribution in [0.1, 0.15) is 5.56 Å². The van der Waals surface area contributed by atoms with Gasteiger partial charge in [0.05, 0.1) is 0 Å². The molecule has 0 saturated heterocycles. The highest BCUT2D eigenvalue weighted by atomic mass is 16.3. The Kier molecular flexibility index (Phi) is 2.98. The number of nitrogen functional groups attached to an aromatic ring is 1. The van der Waals surface area contributed by atoms with Gasteiger partial charge in [-0.05, 0) is 46.2 Å². The number of anilines is 1. The fourth-order valence-electron chi connectivity index (χ4n) is 3.30. The molecule has 0 saturated carbocycles. The normalized spacial score (nSPS) is 11.2. The molecule has 112 valence electrons. The second-order valence-electron chi connectivity index (χ2n) is 5.89. The molecule has 0 aliphatic carbocycles. The van der Waals surface area contributed by atoms with Crippen LogP contribution >= 0.6 is 0 Å². The van der Waals surface area contributed by atoms with Crippen molar-refractivity contribution in [1.82, 2.24) is 0 Å². The van der Waals surface area contributed by atoms with Gasteiger partial charge in [-0.2, -0.15) is 0 Å².